The fourth-order valence-electron chi connectivity index (χ4n) is 1.79. The Kier molecular flexibility index (Phi) is 2.64. The monoisotopic (exact) mass is 239 g/mol. The van der Waals surface area contributed by atoms with E-state index in [1.807, 2.05) is 48.3 Å². The van der Waals surface area contributed by atoms with Crippen molar-refractivity contribution < 1.29 is 0 Å². The zero-order valence-corrected chi connectivity index (χ0v) is 10.1. The van der Waals surface area contributed by atoms with E-state index in [1.165, 1.54) is 5.56 Å². The lowest BCUT2D eigenvalue weighted by molar-refractivity contribution is 0.663. The lowest BCUT2D eigenvalue weighted by Crippen LogP contribution is -2.02. The Hall–Kier alpha value is -2.43. The van der Waals surface area contributed by atoms with Crippen molar-refractivity contribution >= 4 is 0 Å². The largest absolute Gasteiger partial charge is 0.266 e. The molecule has 0 aliphatic heterocycles. The summed E-state index contributed by atoms with van der Waals surface area (Å²) in [6.45, 7) is 2.67. The quantitative estimate of drug-likeness (QED) is 0.700. The minimum atomic E-state index is 0.758. The minimum Gasteiger partial charge on any atom is -0.266 e. The van der Waals surface area contributed by atoms with Crippen LogP contribution in [0.15, 0.2) is 48.8 Å². The van der Waals surface area contributed by atoms with Crippen LogP contribution in [0.4, 0.5) is 0 Å². The van der Waals surface area contributed by atoms with Gasteiger partial charge in [0.1, 0.15) is 0 Å². The normalized spacial score (nSPS) is 10.7. The molecule has 0 radical (unpaired) electrons. The molecule has 0 saturated heterocycles. The number of aryl methyl sites for hydroxylation is 1. The number of hydrogen-bond donors (Lipinski definition) is 0. The third-order valence-electron chi connectivity index (χ3n) is 2.66. The van der Waals surface area contributed by atoms with Gasteiger partial charge in [-0.2, -0.15) is 5.10 Å². The molecular weight excluding hydrogens is 226 g/mol. The molecule has 0 bridgehead atoms. The molecule has 2 aromatic heterocycles. The van der Waals surface area contributed by atoms with Gasteiger partial charge in [0.25, 0.3) is 0 Å². The average molecular weight is 239 g/mol. The zero-order chi connectivity index (χ0) is 12.4. The molecule has 3 aromatic rings. The second kappa shape index (κ2) is 4.44. The standard InChI is InChI=1S/C13H13N5/c1-11-9-18(16-14-11)13-7-8-17(15-13)10-12-5-3-2-4-6-12/h2-9H,10H2,1H3. The van der Waals surface area contributed by atoms with E-state index in [-0.39, 0.29) is 0 Å². The highest BCUT2D eigenvalue weighted by molar-refractivity contribution is 5.20. The highest BCUT2D eigenvalue weighted by atomic mass is 15.5. The van der Waals surface area contributed by atoms with Gasteiger partial charge in [0.2, 0.25) is 0 Å². The van der Waals surface area contributed by atoms with Crippen LogP contribution in [0.5, 0.6) is 0 Å². The van der Waals surface area contributed by atoms with Gasteiger partial charge in [-0.3, -0.25) is 4.68 Å². The van der Waals surface area contributed by atoms with Crippen LogP contribution in [0.1, 0.15) is 11.3 Å². The third kappa shape index (κ3) is 2.15. The Morgan fingerprint density at radius 2 is 1.94 bits per heavy atom. The van der Waals surface area contributed by atoms with Gasteiger partial charge >= 0.3 is 0 Å². The Morgan fingerprint density at radius 1 is 1.11 bits per heavy atom. The molecule has 1 aromatic carbocycles. The summed E-state index contributed by atoms with van der Waals surface area (Å²) in [7, 11) is 0. The fraction of sp³-hybridized carbons (Fsp3) is 0.154. The first-order chi connectivity index (χ1) is 8.81. The van der Waals surface area contributed by atoms with Crippen molar-refractivity contribution in [1.29, 1.82) is 0 Å². The lowest BCUT2D eigenvalue weighted by atomic mass is 10.2. The first kappa shape index (κ1) is 10.7. The summed E-state index contributed by atoms with van der Waals surface area (Å²) >= 11 is 0. The number of benzene rings is 1. The smallest absolute Gasteiger partial charge is 0.176 e. The van der Waals surface area contributed by atoms with E-state index >= 15 is 0 Å². The van der Waals surface area contributed by atoms with Crippen LogP contribution in [-0.2, 0) is 6.54 Å². The number of nitrogens with zero attached hydrogens (tertiary/aromatic N) is 5. The van der Waals surface area contributed by atoms with E-state index in [0.717, 1.165) is 18.1 Å². The molecule has 0 N–H and O–H groups in total. The van der Waals surface area contributed by atoms with Gasteiger partial charge in [0, 0.05) is 12.3 Å². The molecule has 0 aliphatic rings. The van der Waals surface area contributed by atoms with Gasteiger partial charge < -0.3 is 0 Å². The molecule has 18 heavy (non-hydrogen) atoms. The summed E-state index contributed by atoms with van der Waals surface area (Å²) in [5.41, 5.74) is 2.11. The van der Waals surface area contributed by atoms with Crippen LogP contribution in [0, 0.1) is 6.92 Å². The molecule has 3 rings (SSSR count). The molecule has 0 saturated carbocycles. The van der Waals surface area contributed by atoms with Crippen molar-refractivity contribution in [1.82, 2.24) is 24.8 Å². The topological polar surface area (TPSA) is 48.5 Å². The molecule has 0 atom stereocenters. The molecule has 90 valence electrons. The summed E-state index contributed by atoms with van der Waals surface area (Å²) in [6, 6.07) is 12.2. The second-order valence-electron chi connectivity index (χ2n) is 4.16. The molecule has 2 heterocycles. The van der Waals surface area contributed by atoms with E-state index in [2.05, 4.69) is 27.5 Å². The number of hydrogen-bond acceptors (Lipinski definition) is 3. The molecule has 0 spiro atoms. The van der Waals surface area contributed by atoms with Crippen molar-refractivity contribution in [3.05, 3.63) is 60.0 Å². The Morgan fingerprint density at radius 3 is 2.67 bits per heavy atom. The maximum Gasteiger partial charge on any atom is 0.176 e. The predicted octanol–water partition coefficient (Wildman–Crippen LogP) is 1.82. The second-order valence-corrected chi connectivity index (χ2v) is 4.16. The molecule has 0 unspecified atom stereocenters. The van der Waals surface area contributed by atoms with Gasteiger partial charge in [-0.25, -0.2) is 4.68 Å². The molecule has 0 amide bonds. The highest BCUT2D eigenvalue weighted by Crippen LogP contribution is 2.06. The maximum atomic E-state index is 4.47. The number of aromatic nitrogens is 5. The van der Waals surface area contributed by atoms with Crippen molar-refractivity contribution in [2.24, 2.45) is 0 Å². The number of rotatable bonds is 3. The third-order valence-corrected chi connectivity index (χ3v) is 2.66. The van der Waals surface area contributed by atoms with Gasteiger partial charge in [0.05, 0.1) is 18.4 Å². The SMILES string of the molecule is Cc1cn(-c2ccn(Cc3ccccc3)n2)nn1. The van der Waals surface area contributed by atoms with E-state index in [1.54, 1.807) is 4.68 Å². The molecule has 5 nitrogen and oxygen atoms in total. The van der Waals surface area contributed by atoms with Crippen LogP contribution < -0.4 is 0 Å². The Bertz CT molecular complexity index is 638. The molecule has 0 fully saturated rings. The van der Waals surface area contributed by atoms with E-state index in [4.69, 9.17) is 0 Å². The van der Waals surface area contributed by atoms with Crippen molar-refractivity contribution in [2.75, 3.05) is 0 Å². The fourth-order valence-corrected chi connectivity index (χ4v) is 1.79. The summed E-state index contributed by atoms with van der Waals surface area (Å²) in [4.78, 5) is 0. The maximum absolute atomic E-state index is 4.47. The van der Waals surface area contributed by atoms with Crippen molar-refractivity contribution in [3.63, 3.8) is 0 Å². The van der Waals surface area contributed by atoms with Crippen molar-refractivity contribution in [2.45, 2.75) is 13.5 Å². The summed E-state index contributed by atoms with van der Waals surface area (Å²) in [6.07, 6.45) is 3.80. The van der Waals surface area contributed by atoms with Crippen LogP contribution in [0.25, 0.3) is 5.82 Å². The van der Waals surface area contributed by atoms with Gasteiger partial charge in [-0.05, 0) is 12.5 Å². The van der Waals surface area contributed by atoms with Gasteiger partial charge in [-0.15, -0.1) is 5.10 Å². The predicted molar refractivity (Wildman–Crippen MR) is 67.4 cm³/mol. The first-order valence-electron chi connectivity index (χ1n) is 5.78. The van der Waals surface area contributed by atoms with Crippen molar-refractivity contribution in [3.8, 4) is 5.82 Å². The van der Waals surface area contributed by atoms with Crippen LogP contribution in [-0.4, -0.2) is 24.8 Å². The molecule has 0 aliphatic carbocycles. The highest BCUT2D eigenvalue weighted by Gasteiger charge is 2.03. The van der Waals surface area contributed by atoms with Crippen LogP contribution >= 0.6 is 0 Å². The Labute approximate surface area is 105 Å². The summed E-state index contributed by atoms with van der Waals surface area (Å²) < 4.78 is 3.57. The minimum absolute atomic E-state index is 0.758. The first-order valence-corrected chi connectivity index (χ1v) is 5.78. The van der Waals surface area contributed by atoms with E-state index < -0.39 is 0 Å². The Balaban J connectivity index is 1.82. The van der Waals surface area contributed by atoms with Crippen LogP contribution in [0.2, 0.25) is 0 Å². The molecule has 5 heteroatoms. The van der Waals surface area contributed by atoms with Gasteiger partial charge in [0.15, 0.2) is 5.82 Å². The van der Waals surface area contributed by atoms with Crippen LogP contribution in [0.3, 0.4) is 0 Å². The zero-order valence-electron chi connectivity index (χ0n) is 10.1. The summed E-state index contributed by atoms with van der Waals surface area (Å²) in [5.74, 6) is 0.784. The van der Waals surface area contributed by atoms with E-state index in [0.29, 0.717) is 0 Å². The van der Waals surface area contributed by atoms with Gasteiger partial charge in [-0.1, -0.05) is 35.5 Å². The average Bonchev–Trinajstić information content (AvgIpc) is 2.99. The molecular formula is C13H13N5. The summed E-state index contributed by atoms with van der Waals surface area (Å²) in [5, 5.41) is 12.4. The van der Waals surface area contributed by atoms with E-state index in [9.17, 15) is 0 Å². The lowest BCUT2D eigenvalue weighted by Gasteiger charge is -2.00.